The van der Waals surface area contributed by atoms with Crippen LogP contribution in [0.2, 0.25) is 0 Å². The number of likely N-dealkylation sites (N-methyl/N-ethyl adjacent to an activating group) is 1. The van der Waals surface area contributed by atoms with Crippen LogP contribution < -0.4 is 10.6 Å². The van der Waals surface area contributed by atoms with E-state index in [2.05, 4.69) is 29.4 Å². The summed E-state index contributed by atoms with van der Waals surface area (Å²) in [5.41, 5.74) is 0. The smallest absolute Gasteiger partial charge is 0.332 e. The van der Waals surface area contributed by atoms with E-state index in [1.165, 1.54) is 0 Å². The average molecular weight is 275 g/mol. The van der Waals surface area contributed by atoms with E-state index in [0.29, 0.717) is 0 Å². The van der Waals surface area contributed by atoms with Crippen molar-refractivity contribution in [2.45, 2.75) is 39.3 Å². The van der Waals surface area contributed by atoms with Crippen LogP contribution in [0.25, 0.3) is 0 Å². The van der Waals surface area contributed by atoms with Gasteiger partial charge in [-0.3, -0.25) is 0 Å². The van der Waals surface area contributed by atoms with Crippen LogP contribution in [0.1, 0.15) is 27.2 Å². The number of carbonyl (C=O) groups is 2. The molecule has 0 rings (SSSR count). The van der Waals surface area contributed by atoms with Gasteiger partial charge in [-0.25, -0.2) is 9.59 Å². The molecule has 1 unspecified atom stereocenters. The van der Waals surface area contributed by atoms with Crippen molar-refractivity contribution in [1.82, 2.24) is 15.5 Å². The van der Waals surface area contributed by atoms with Gasteiger partial charge in [-0.05, 0) is 20.0 Å². The number of carbonyl (C=O) groups excluding carboxylic acids is 1. The van der Waals surface area contributed by atoms with Crippen LogP contribution >= 0.6 is 0 Å². The molecule has 0 aromatic rings. The number of hydrogen-bond acceptors (Lipinski definition) is 4. The highest BCUT2D eigenvalue weighted by molar-refractivity contribution is 5.74. The van der Waals surface area contributed by atoms with Crippen LogP contribution in [-0.2, 0) is 4.79 Å². The van der Waals surface area contributed by atoms with E-state index in [0.717, 1.165) is 19.6 Å². The topological polar surface area (TPSA) is 102 Å². The monoisotopic (exact) mass is 275 g/mol. The summed E-state index contributed by atoms with van der Waals surface area (Å²) in [6, 6.07) is -0.346. The first-order chi connectivity index (χ1) is 8.90. The van der Waals surface area contributed by atoms with Crippen molar-refractivity contribution in [3.05, 3.63) is 0 Å². The number of carboxylic acids is 1. The fourth-order valence-electron chi connectivity index (χ4n) is 1.64. The lowest BCUT2D eigenvalue weighted by atomic mass is 10.2. The Morgan fingerprint density at radius 1 is 1.26 bits per heavy atom. The number of nitrogens with one attached hydrogen (secondary N) is 2. The van der Waals surface area contributed by atoms with Gasteiger partial charge in [0, 0.05) is 25.6 Å². The van der Waals surface area contributed by atoms with Gasteiger partial charge in [-0.15, -0.1) is 0 Å². The van der Waals surface area contributed by atoms with E-state index in [1.54, 1.807) is 0 Å². The number of nitrogens with zero attached hydrogens (tertiary/aromatic N) is 1. The molecule has 2 atom stereocenters. The molecule has 0 radical (unpaired) electrons. The predicted octanol–water partition coefficient (Wildman–Crippen LogP) is -0.148. The van der Waals surface area contributed by atoms with Crippen LogP contribution in [0, 0.1) is 0 Å². The molecule has 0 fully saturated rings. The third-order valence-corrected chi connectivity index (χ3v) is 2.79. The van der Waals surface area contributed by atoms with Gasteiger partial charge in [0.2, 0.25) is 0 Å². The van der Waals surface area contributed by atoms with Crippen molar-refractivity contribution in [2.75, 3.05) is 26.2 Å². The second kappa shape index (κ2) is 9.57. The minimum absolute atomic E-state index is 0.00398. The highest BCUT2D eigenvalue weighted by Crippen LogP contribution is 1.92. The summed E-state index contributed by atoms with van der Waals surface area (Å²) in [6.45, 7) is 8.76. The zero-order valence-electron chi connectivity index (χ0n) is 11.8. The summed E-state index contributed by atoms with van der Waals surface area (Å²) >= 11 is 0. The largest absolute Gasteiger partial charge is 0.479 e. The minimum atomic E-state index is -1.44. The predicted molar refractivity (Wildman–Crippen MR) is 72.0 cm³/mol. The average Bonchev–Trinajstić information content (AvgIpc) is 2.35. The van der Waals surface area contributed by atoms with Gasteiger partial charge in [-0.2, -0.15) is 0 Å². The number of aliphatic hydroxyl groups excluding tert-OH is 1. The Balaban J connectivity index is 3.82. The molecule has 7 heteroatoms. The molecule has 0 aromatic carbocycles. The zero-order valence-corrected chi connectivity index (χ0v) is 11.8. The first kappa shape index (κ1) is 17.7. The van der Waals surface area contributed by atoms with Gasteiger partial charge in [0.05, 0.1) is 0 Å². The summed E-state index contributed by atoms with van der Waals surface area (Å²) in [5, 5.41) is 22.8. The lowest BCUT2D eigenvalue weighted by molar-refractivity contribution is -0.146. The lowest BCUT2D eigenvalue weighted by Gasteiger charge is -2.23. The molecule has 0 spiro atoms. The summed E-state index contributed by atoms with van der Waals surface area (Å²) < 4.78 is 0. The molecule has 7 nitrogen and oxygen atoms in total. The van der Waals surface area contributed by atoms with E-state index >= 15 is 0 Å². The Morgan fingerprint density at radius 2 is 1.84 bits per heavy atom. The van der Waals surface area contributed by atoms with Crippen molar-refractivity contribution in [3.8, 4) is 0 Å². The molecule has 0 aromatic heterocycles. The Labute approximate surface area is 114 Å². The first-order valence-electron chi connectivity index (χ1n) is 6.58. The Kier molecular flexibility index (Phi) is 8.90. The molecule has 112 valence electrons. The Morgan fingerprint density at radius 3 is 2.32 bits per heavy atom. The van der Waals surface area contributed by atoms with Gasteiger partial charge in [-0.1, -0.05) is 13.8 Å². The number of urea groups is 1. The molecule has 19 heavy (non-hydrogen) atoms. The van der Waals surface area contributed by atoms with Gasteiger partial charge in [0.15, 0.2) is 6.10 Å². The molecule has 0 heterocycles. The van der Waals surface area contributed by atoms with Crippen LogP contribution in [0.4, 0.5) is 4.79 Å². The van der Waals surface area contributed by atoms with Crippen molar-refractivity contribution >= 4 is 12.0 Å². The number of aliphatic hydroxyl groups is 1. The summed E-state index contributed by atoms with van der Waals surface area (Å²) in [7, 11) is 0. The molecule has 0 aliphatic rings. The summed E-state index contributed by atoms with van der Waals surface area (Å²) in [4.78, 5) is 24.0. The van der Waals surface area contributed by atoms with Crippen molar-refractivity contribution in [2.24, 2.45) is 0 Å². The molecule has 0 aliphatic heterocycles. The maximum Gasteiger partial charge on any atom is 0.332 e. The normalized spacial score (nSPS) is 13.9. The number of amides is 2. The number of carboxylic acid groups (broad SMARTS) is 1. The van der Waals surface area contributed by atoms with E-state index in [4.69, 9.17) is 10.2 Å². The number of hydrogen-bond donors (Lipinski definition) is 4. The molecular weight excluding hydrogens is 250 g/mol. The van der Waals surface area contributed by atoms with Crippen LogP contribution in [0.15, 0.2) is 0 Å². The van der Waals surface area contributed by atoms with Crippen molar-refractivity contribution < 1.29 is 19.8 Å². The second-order valence-electron chi connectivity index (χ2n) is 4.43. The van der Waals surface area contributed by atoms with Gasteiger partial charge < -0.3 is 25.7 Å². The number of aliphatic carboxylic acids is 1. The molecule has 0 saturated heterocycles. The first-order valence-corrected chi connectivity index (χ1v) is 6.58. The summed E-state index contributed by atoms with van der Waals surface area (Å²) in [6.07, 6.45) is -1.44. The lowest BCUT2D eigenvalue weighted by Crippen LogP contribution is -2.46. The molecule has 0 aliphatic carbocycles. The highest BCUT2D eigenvalue weighted by atomic mass is 16.4. The minimum Gasteiger partial charge on any atom is -0.479 e. The van der Waals surface area contributed by atoms with Gasteiger partial charge in [0.1, 0.15) is 0 Å². The van der Waals surface area contributed by atoms with Crippen molar-refractivity contribution in [1.29, 1.82) is 0 Å². The van der Waals surface area contributed by atoms with E-state index in [9.17, 15) is 9.59 Å². The molecular formula is C12H25N3O4. The Hall–Kier alpha value is -1.34. The zero-order chi connectivity index (χ0) is 14.8. The highest BCUT2D eigenvalue weighted by Gasteiger charge is 2.14. The Bertz CT molecular complexity index is 282. The van der Waals surface area contributed by atoms with Gasteiger partial charge in [0.25, 0.3) is 0 Å². The van der Waals surface area contributed by atoms with Crippen molar-refractivity contribution in [3.63, 3.8) is 0 Å². The molecule has 0 saturated carbocycles. The molecule has 4 N–H and O–H groups in total. The maximum atomic E-state index is 11.5. The van der Waals surface area contributed by atoms with Crippen LogP contribution in [0.5, 0.6) is 0 Å². The van der Waals surface area contributed by atoms with Crippen LogP contribution in [0.3, 0.4) is 0 Å². The maximum absolute atomic E-state index is 11.5. The van der Waals surface area contributed by atoms with E-state index in [-0.39, 0.29) is 25.0 Å². The SMILES string of the molecule is CCN(CC)CC(C)NC(=O)NCC[C@H](O)C(=O)O. The van der Waals surface area contributed by atoms with Crippen LogP contribution in [-0.4, -0.2) is 65.4 Å². The van der Waals surface area contributed by atoms with E-state index < -0.39 is 12.1 Å². The third-order valence-electron chi connectivity index (χ3n) is 2.79. The van der Waals surface area contributed by atoms with E-state index in [1.807, 2.05) is 6.92 Å². The fourth-order valence-corrected chi connectivity index (χ4v) is 1.64. The third kappa shape index (κ3) is 8.39. The summed E-state index contributed by atoms with van der Waals surface area (Å²) in [5.74, 6) is -1.28. The molecule has 2 amide bonds. The number of rotatable bonds is 9. The fraction of sp³-hybridized carbons (Fsp3) is 0.833. The van der Waals surface area contributed by atoms with Gasteiger partial charge >= 0.3 is 12.0 Å². The molecule has 0 bridgehead atoms. The second-order valence-corrected chi connectivity index (χ2v) is 4.43. The standard InChI is InChI=1S/C12H25N3O4/c1-4-15(5-2)8-9(3)14-12(19)13-7-6-10(16)11(17)18/h9-10,16H,4-8H2,1-3H3,(H,17,18)(H2,13,14,19)/t9?,10-/m0/s1. The quantitative estimate of drug-likeness (QED) is 0.469.